The van der Waals surface area contributed by atoms with Crippen molar-refractivity contribution in [2.75, 3.05) is 10.4 Å². The number of aryl methyl sites for hydroxylation is 2. The molecule has 0 aliphatic carbocycles. The van der Waals surface area contributed by atoms with Crippen LogP contribution in [-0.4, -0.2) is 38.4 Å². The molecule has 11 heteroatoms. The Kier molecular flexibility index (Phi) is 6.65. The van der Waals surface area contributed by atoms with E-state index >= 15 is 0 Å². The van der Waals surface area contributed by atoms with Gasteiger partial charge in [-0.1, -0.05) is 60.7 Å². The third-order valence-corrected chi connectivity index (χ3v) is 7.07. The molecule has 0 atom stereocenters. The van der Waals surface area contributed by atoms with Crippen molar-refractivity contribution in [1.82, 2.24) is 9.97 Å². The molecule has 2 aromatic heterocycles. The highest BCUT2D eigenvalue weighted by molar-refractivity contribution is 7.15. The number of aromatic nitrogens is 2. The lowest BCUT2D eigenvalue weighted by Crippen LogP contribution is -2.28. The number of amides is 1. The molecule has 0 saturated heterocycles. The number of nitrogens with one attached hydrogen (secondary N) is 1. The summed E-state index contributed by atoms with van der Waals surface area (Å²) in [6, 6.07) is 19.1. The molecule has 1 amide bonds. The van der Waals surface area contributed by atoms with Crippen LogP contribution in [0.2, 0.25) is 0 Å². The van der Waals surface area contributed by atoms with Crippen molar-refractivity contribution in [3.63, 3.8) is 0 Å². The number of carbonyl (C=O) groups excluding carboxylic acids is 1. The highest BCUT2D eigenvalue weighted by Gasteiger charge is 2.36. The van der Waals surface area contributed by atoms with E-state index in [1.807, 2.05) is 73.0 Å². The normalized spacial score (nSPS) is 14.4. The first-order valence-electron chi connectivity index (χ1n) is 11.0. The van der Waals surface area contributed by atoms with E-state index < -0.39 is 11.9 Å². The maximum atomic E-state index is 13.4. The fourth-order valence-corrected chi connectivity index (χ4v) is 5.14. The topological polar surface area (TPSA) is 120 Å². The lowest BCUT2D eigenvalue weighted by Gasteiger charge is -2.06. The van der Waals surface area contributed by atoms with Gasteiger partial charge in [0.05, 0.1) is 17.8 Å². The van der Waals surface area contributed by atoms with Crippen molar-refractivity contribution in [3.8, 4) is 11.3 Å². The summed E-state index contributed by atoms with van der Waals surface area (Å²) in [6.07, 6.45) is 0.322. The van der Waals surface area contributed by atoms with Crippen LogP contribution in [0.1, 0.15) is 22.6 Å². The average molecular weight is 517 g/mol. The van der Waals surface area contributed by atoms with E-state index in [1.165, 1.54) is 27.7 Å². The second kappa shape index (κ2) is 10.2. The van der Waals surface area contributed by atoms with Gasteiger partial charge in [-0.15, -0.1) is 22.7 Å². The van der Waals surface area contributed by atoms with Crippen molar-refractivity contribution in [3.05, 3.63) is 82.2 Å². The maximum absolute atomic E-state index is 13.4. The Morgan fingerprint density at radius 2 is 1.75 bits per heavy atom. The third kappa shape index (κ3) is 4.92. The summed E-state index contributed by atoms with van der Waals surface area (Å²) in [4.78, 5) is 34.3. The molecular formula is C25H20N6O3S2. The molecule has 4 aromatic rings. The number of nitrogens with zero attached hydrogens (tertiary/aromatic N) is 5. The molecule has 1 aliphatic rings. The Morgan fingerprint density at radius 1 is 1.06 bits per heavy atom. The van der Waals surface area contributed by atoms with E-state index in [2.05, 4.69) is 25.6 Å². The van der Waals surface area contributed by atoms with Crippen LogP contribution >= 0.6 is 22.7 Å². The Morgan fingerprint density at radius 3 is 2.44 bits per heavy atom. The Hall–Kier alpha value is -4.22. The Bertz CT molecular complexity index is 1480. The van der Waals surface area contributed by atoms with Crippen LogP contribution in [0.5, 0.6) is 0 Å². The average Bonchev–Trinajstić information content (AvgIpc) is 3.60. The lowest BCUT2D eigenvalue weighted by atomic mass is 10.1. The molecule has 5 rings (SSSR count). The molecule has 3 heterocycles. The minimum atomic E-state index is -0.880. The van der Waals surface area contributed by atoms with Crippen LogP contribution < -0.4 is 10.4 Å². The minimum absolute atomic E-state index is 0.00439. The van der Waals surface area contributed by atoms with E-state index in [-0.39, 0.29) is 12.1 Å². The third-order valence-electron chi connectivity index (χ3n) is 5.34. The molecule has 0 fully saturated rings. The van der Waals surface area contributed by atoms with Crippen LogP contribution in [0.4, 0.5) is 10.3 Å². The van der Waals surface area contributed by atoms with Crippen LogP contribution in [0.3, 0.4) is 0 Å². The first-order chi connectivity index (χ1) is 17.5. The predicted molar refractivity (Wildman–Crippen MR) is 142 cm³/mol. The van der Waals surface area contributed by atoms with E-state index in [1.54, 1.807) is 0 Å². The fourth-order valence-electron chi connectivity index (χ4n) is 3.56. The van der Waals surface area contributed by atoms with Gasteiger partial charge in [-0.05, 0) is 6.92 Å². The van der Waals surface area contributed by atoms with Crippen LogP contribution in [0.25, 0.3) is 11.3 Å². The highest BCUT2D eigenvalue weighted by atomic mass is 32.1. The summed E-state index contributed by atoms with van der Waals surface area (Å²) < 4.78 is 0. The quantitative estimate of drug-likeness (QED) is 0.324. The van der Waals surface area contributed by atoms with Crippen molar-refractivity contribution in [2.24, 2.45) is 10.2 Å². The predicted octanol–water partition coefficient (Wildman–Crippen LogP) is 4.81. The summed E-state index contributed by atoms with van der Waals surface area (Å²) in [6.45, 7) is 1.87. The van der Waals surface area contributed by atoms with Crippen LogP contribution in [-0.2, 0) is 16.0 Å². The molecule has 180 valence electrons. The zero-order valence-electron chi connectivity index (χ0n) is 19.1. The molecule has 36 heavy (non-hydrogen) atoms. The summed E-state index contributed by atoms with van der Waals surface area (Å²) in [7, 11) is 0. The molecule has 0 spiro atoms. The number of carboxylic acids is 1. The molecule has 0 unspecified atom stereocenters. The van der Waals surface area contributed by atoms with Crippen molar-refractivity contribution < 1.29 is 14.7 Å². The van der Waals surface area contributed by atoms with Crippen molar-refractivity contribution in [2.45, 2.75) is 19.8 Å². The van der Waals surface area contributed by atoms with Gasteiger partial charge < -0.3 is 5.11 Å². The number of carbonyl (C=O) groups is 2. The number of thiazole rings is 2. The van der Waals surface area contributed by atoms with E-state index in [4.69, 9.17) is 5.11 Å². The van der Waals surface area contributed by atoms with Gasteiger partial charge in [0.15, 0.2) is 5.71 Å². The van der Waals surface area contributed by atoms with E-state index in [0.29, 0.717) is 28.1 Å². The molecule has 0 saturated carbocycles. The maximum Gasteiger partial charge on any atom is 0.303 e. The fraction of sp³-hybridized carbons (Fsp3) is 0.120. The summed E-state index contributed by atoms with van der Waals surface area (Å²) in [5, 5.41) is 22.0. The second-order valence-electron chi connectivity index (χ2n) is 7.80. The van der Waals surface area contributed by atoms with Gasteiger partial charge in [0.25, 0.3) is 0 Å². The Labute approximate surface area is 214 Å². The van der Waals surface area contributed by atoms with Gasteiger partial charge >= 0.3 is 11.9 Å². The van der Waals surface area contributed by atoms with Gasteiger partial charge in [-0.3, -0.25) is 15.0 Å². The van der Waals surface area contributed by atoms with Gasteiger partial charge in [0.2, 0.25) is 10.3 Å². The van der Waals surface area contributed by atoms with Crippen LogP contribution in [0, 0.1) is 6.92 Å². The van der Waals surface area contributed by atoms with E-state index in [0.717, 1.165) is 21.7 Å². The summed E-state index contributed by atoms with van der Waals surface area (Å²) in [5.74, 6) is -1.29. The van der Waals surface area contributed by atoms with Crippen LogP contribution in [0.15, 0.2) is 76.2 Å². The largest absolute Gasteiger partial charge is 0.481 e. The minimum Gasteiger partial charge on any atom is -0.481 e. The number of hydrazone groups is 2. The van der Waals surface area contributed by atoms with Gasteiger partial charge in [-0.25, -0.2) is 9.97 Å². The smallest absolute Gasteiger partial charge is 0.303 e. The van der Waals surface area contributed by atoms with Crippen molar-refractivity contribution in [1.29, 1.82) is 0 Å². The number of rotatable bonds is 8. The Balaban J connectivity index is 1.44. The molecule has 2 N–H and O–H groups in total. The number of anilines is 2. The summed E-state index contributed by atoms with van der Waals surface area (Å²) >= 11 is 2.67. The first-order valence-corrected chi connectivity index (χ1v) is 12.7. The van der Waals surface area contributed by atoms with Gasteiger partial charge in [0, 0.05) is 27.8 Å². The number of carboxylic acid groups (broad SMARTS) is 1. The van der Waals surface area contributed by atoms with E-state index in [9.17, 15) is 9.59 Å². The molecule has 2 aromatic carbocycles. The summed E-state index contributed by atoms with van der Waals surface area (Å²) in [5.41, 5.74) is 6.57. The van der Waals surface area contributed by atoms with Crippen molar-refractivity contribution >= 4 is 56.2 Å². The second-order valence-corrected chi connectivity index (χ2v) is 9.84. The first kappa shape index (κ1) is 23.5. The van der Waals surface area contributed by atoms with Gasteiger partial charge in [-0.2, -0.15) is 15.2 Å². The standard InChI is InChI=1S/C25H20N6O3S2/c1-15-18(12-13-20(32)33)26-24(36-15)29-28-22-21(17-10-6-3-7-11-17)30-31(23(22)34)25-27-19(14-35-25)16-8-4-2-5-9-16/h2-11,14H,12-13H2,1H3,(H,26,29)(H,32,33)/b28-22-. The SMILES string of the molecule is Cc1sc(N/N=C2\C(=O)N(c3nc(-c4ccccc4)cs3)N=C2c2ccccc2)nc1CCC(=O)O. The number of hydrogen-bond acceptors (Lipinski definition) is 9. The zero-order valence-corrected chi connectivity index (χ0v) is 20.7. The molecule has 1 aliphatic heterocycles. The lowest BCUT2D eigenvalue weighted by molar-refractivity contribution is -0.137. The number of benzene rings is 2. The molecular weight excluding hydrogens is 496 g/mol. The molecule has 9 nitrogen and oxygen atoms in total. The number of aliphatic carboxylic acids is 1. The van der Waals surface area contributed by atoms with Gasteiger partial charge in [0.1, 0.15) is 5.71 Å². The number of hydrogen-bond donors (Lipinski definition) is 2. The molecule has 0 bridgehead atoms. The highest BCUT2D eigenvalue weighted by Crippen LogP contribution is 2.30. The monoisotopic (exact) mass is 516 g/mol. The zero-order chi connectivity index (χ0) is 25.1. The molecule has 0 radical (unpaired) electrons.